The fourth-order valence-corrected chi connectivity index (χ4v) is 4.31. The van der Waals surface area contributed by atoms with Gasteiger partial charge in [0.25, 0.3) is 5.91 Å². The zero-order chi connectivity index (χ0) is 19.6. The normalized spacial score (nSPS) is 18.3. The lowest BCUT2D eigenvalue weighted by atomic mass is 10.1. The molecule has 3 rings (SSSR count). The van der Waals surface area contributed by atoms with Crippen LogP contribution in [0.25, 0.3) is 0 Å². The van der Waals surface area contributed by atoms with Gasteiger partial charge in [-0.3, -0.25) is 14.5 Å². The molecule has 1 fully saturated rings. The molecular weight excluding hydrogens is 382 g/mol. The summed E-state index contributed by atoms with van der Waals surface area (Å²) in [7, 11) is 0. The van der Waals surface area contributed by atoms with E-state index in [2.05, 4.69) is 0 Å². The van der Waals surface area contributed by atoms with Crippen molar-refractivity contribution in [1.29, 1.82) is 5.26 Å². The number of rotatable bonds is 4. The Morgan fingerprint density at radius 3 is 2.52 bits per heavy atom. The molecule has 2 aromatic rings. The number of carbonyl (C=O) groups is 2. The van der Waals surface area contributed by atoms with Gasteiger partial charge in [0.05, 0.1) is 5.25 Å². The fourth-order valence-electron chi connectivity index (χ4n) is 2.79. The van der Waals surface area contributed by atoms with Crippen molar-refractivity contribution in [1.82, 2.24) is 0 Å². The van der Waals surface area contributed by atoms with Crippen molar-refractivity contribution in [3.05, 3.63) is 75.3 Å². The van der Waals surface area contributed by atoms with Crippen molar-refractivity contribution < 1.29 is 9.59 Å². The van der Waals surface area contributed by atoms with E-state index < -0.39 is 11.2 Å². The Hall–Kier alpha value is -2.75. The van der Waals surface area contributed by atoms with Gasteiger partial charge in [-0.25, -0.2) is 0 Å². The molecule has 2 amide bonds. The second-order valence-electron chi connectivity index (χ2n) is 6.07. The lowest BCUT2D eigenvalue weighted by molar-refractivity contribution is -0.117. The highest BCUT2D eigenvalue weighted by Gasteiger charge is 2.40. The van der Waals surface area contributed by atoms with E-state index in [9.17, 15) is 14.9 Å². The van der Waals surface area contributed by atoms with Crippen LogP contribution in [0.1, 0.15) is 11.1 Å². The van der Waals surface area contributed by atoms with Crippen LogP contribution in [0.3, 0.4) is 0 Å². The first kappa shape index (κ1) is 19.0. The SMILES string of the molecule is Cc1ccc(N2C(=O)[C@H](Cc3ccccc3Cl)S/C2=C(/C#N)C(N)=O)cc1. The lowest BCUT2D eigenvalue weighted by Crippen LogP contribution is -2.31. The number of nitrogens with two attached hydrogens (primary N) is 1. The third-order valence-corrected chi connectivity index (χ3v) is 5.81. The number of hydrogen-bond donors (Lipinski definition) is 1. The van der Waals surface area contributed by atoms with Crippen LogP contribution in [0, 0.1) is 18.3 Å². The molecule has 1 heterocycles. The standard InChI is InChI=1S/C20H16ClN3O2S/c1-12-6-8-14(9-7-12)24-19(26)17(10-13-4-2-3-5-16(13)21)27-20(24)15(11-22)18(23)25/h2-9,17H,10H2,1H3,(H2,23,25)/b20-15-/t17-/m0/s1. The molecule has 0 saturated carbocycles. The molecule has 0 aliphatic carbocycles. The highest BCUT2D eigenvalue weighted by molar-refractivity contribution is 8.05. The van der Waals surface area contributed by atoms with Gasteiger partial charge in [-0.2, -0.15) is 5.26 Å². The molecule has 27 heavy (non-hydrogen) atoms. The van der Waals surface area contributed by atoms with Gasteiger partial charge in [-0.1, -0.05) is 59.3 Å². The van der Waals surface area contributed by atoms with Crippen LogP contribution in [-0.2, 0) is 16.0 Å². The molecule has 7 heteroatoms. The topological polar surface area (TPSA) is 87.2 Å². The number of thioether (sulfide) groups is 1. The summed E-state index contributed by atoms with van der Waals surface area (Å²) < 4.78 is 0. The molecule has 0 unspecified atom stereocenters. The van der Waals surface area contributed by atoms with Crippen molar-refractivity contribution in [2.75, 3.05) is 4.90 Å². The number of anilines is 1. The lowest BCUT2D eigenvalue weighted by Gasteiger charge is -2.18. The third-order valence-electron chi connectivity index (χ3n) is 4.18. The van der Waals surface area contributed by atoms with Gasteiger partial charge in [0.1, 0.15) is 16.7 Å². The van der Waals surface area contributed by atoms with E-state index >= 15 is 0 Å². The minimum Gasteiger partial charge on any atom is -0.365 e. The molecule has 1 aliphatic rings. The number of hydrogen-bond acceptors (Lipinski definition) is 4. The van der Waals surface area contributed by atoms with Crippen LogP contribution >= 0.6 is 23.4 Å². The number of primary amides is 1. The summed E-state index contributed by atoms with van der Waals surface area (Å²) in [6.45, 7) is 1.94. The van der Waals surface area contributed by atoms with E-state index in [4.69, 9.17) is 17.3 Å². The molecule has 0 spiro atoms. The molecule has 0 bridgehead atoms. The Bertz CT molecular complexity index is 979. The van der Waals surface area contributed by atoms with E-state index in [-0.39, 0.29) is 16.5 Å². The summed E-state index contributed by atoms with van der Waals surface area (Å²) in [5.41, 5.74) is 7.59. The average Bonchev–Trinajstić information content (AvgIpc) is 2.94. The van der Waals surface area contributed by atoms with Crippen LogP contribution in [0.5, 0.6) is 0 Å². The number of aryl methyl sites for hydroxylation is 1. The predicted molar refractivity (Wildman–Crippen MR) is 107 cm³/mol. The summed E-state index contributed by atoms with van der Waals surface area (Å²) in [6, 6.07) is 16.4. The Morgan fingerprint density at radius 2 is 1.93 bits per heavy atom. The first-order chi connectivity index (χ1) is 12.9. The number of amides is 2. The molecule has 1 atom stereocenters. The summed E-state index contributed by atoms with van der Waals surface area (Å²) in [5, 5.41) is 9.71. The summed E-state index contributed by atoms with van der Waals surface area (Å²) in [6.07, 6.45) is 0.381. The fraction of sp³-hybridized carbons (Fsp3) is 0.150. The van der Waals surface area contributed by atoms with Gasteiger partial charge >= 0.3 is 0 Å². The Balaban J connectivity index is 2.05. The minimum atomic E-state index is -0.858. The number of nitriles is 1. The second-order valence-corrected chi connectivity index (χ2v) is 7.67. The van der Waals surface area contributed by atoms with E-state index in [1.807, 2.05) is 43.3 Å². The second kappa shape index (κ2) is 7.87. The van der Waals surface area contributed by atoms with Crippen LogP contribution in [0.15, 0.2) is 59.1 Å². The van der Waals surface area contributed by atoms with E-state index in [1.165, 1.54) is 4.90 Å². The summed E-state index contributed by atoms with van der Waals surface area (Å²) in [5.74, 6) is -1.07. The van der Waals surface area contributed by atoms with Crippen molar-refractivity contribution in [2.45, 2.75) is 18.6 Å². The molecule has 0 aromatic heterocycles. The van der Waals surface area contributed by atoms with Gasteiger partial charge in [0.2, 0.25) is 5.91 Å². The molecule has 5 nitrogen and oxygen atoms in total. The number of nitrogens with zero attached hydrogens (tertiary/aromatic N) is 2. The van der Waals surface area contributed by atoms with Crippen molar-refractivity contribution >= 4 is 40.9 Å². The number of carbonyl (C=O) groups excluding carboxylic acids is 2. The maximum absolute atomic E-state index is 13.1. The zero-order valence-corrected chi connectivity index (χ0v) is 16.1. The van der Waals surface area contributed by atoms with E-state index in [1.54, 1.807) is 18.2 Å². The molecular formula is C20H16ClN3O2S. The minimum absolute atomic E-state index is 0.215. The summed E-state index contributed by atoms with van der Waals surface area (Å²) >= 11 is 7.39. The van der Waals surface area contributed by atoms with Gasteiger partial charge < -0.3 is 5.73 Å². The van der Waals surface area contributed by atoms with Gasteiger partial charge in [0.15, 0.2) is 0 Å². The largest absolute Gasteiger partial charge is 0.365 e. The van der Waals surface area contributed by atoms with Crippen LogP contribution < -0.4 is 10.6 Å². The van der Waals surface area contributed by atoms with Crippen molar-refractivity contribution in [3.63, 3.8) is 0 Å². The number of benzene rings is 2. The quantitative estimate of drug-likeness (QED) is 0.631. The van der Waals surface area contributed by atoms with E-state index in [0.29, 0.717) is 17.1 Å². The molecule has 136 valence electrons. The maximum Gasteiger partial charge on any atom is 0.262 e. The molecule has 0 radical (unpaired) electrons. The smallest absolute Gasteiger partial charge is 0.262 e. The first-order valence-electron chi connectivity index (χ1n) is 8.17. The highest BCUT2D eigenvalue weighted by Crippen LogP contribution is 2.42. The van der Waals surface area contributed by atoms with Crippen LogP contribution in [0.4, 0.5) is 5.69 Å². The van der Waals surface area contributed by atoms with Crippen molar-refractivity contribution in [2.24, 2.45) is 5.73 Å². The number of halogens is 1. The van der Waals surface area contributed by atoms with Gasteiger partial charge in [-0.05, 0) is 37.1 Å². The predicted octanol–water partition coefficient (Wildman–Crippen LogP) is 3.56. The Morgan fingerprint density at radius 1 is 1.26 bits per heavy atom. The maximum atomic E-state index is 13.1. The average molecular weight is 398 g/mol. The van der Waals surface area contributed by atoms with Gasteiger partial charge in [0, 0.05) is 10.7 Å². The summed E-state index contributed by atoms with van der Waals surface area (Å²) in [4.78, 5) is 26.3. The first-order valence-corrected chi connectivity index (χ1v) is 9.43. The third kappa shape index (κ3) is 3.85. The van der Waals surface area contributed by atoms with Crippen molar-refractivity contribution in [3.8, 4) is 6.07 Å². The van der Waals surface area contributed by atoms with Gasteiger partial charge in [-0.15, -0.1) is 0 Å². The monoisotopic (exact) mass is 397 g/mol. The Kier molecular flexibility index (Phi) is 5.54. The molecule has 1 aliphatic heterocycles. The molecule has 2 N–H and O–H groups in total. The van der Waals surface area contributed by atoms with Crippen LogP contribution in [0.2, 0.25) is 5.02 Å². The molecule has 2 aromatic carbocycles. The molecule has 1 saturated heterocycles. The zero-order valence-electron chi connectivity index (χ0n) is 14.5. The van der Waals surface area contributed by atoms with Crippen LogP contribution in [-0.4, -0.2) is 17.1 Å². The highest BCUT2D eigenvalue weighted by atomic mass is 35.5. The Labute approximate surface area is 166 Å². The van der Waals surface area contributed by atoms with E-state index in [0.717, 1.165) is 22.9 Å².